The number of amides is 3. The number of nitrogens with zero attached hydrogens (tertiary/aromatic N) is 1. The monoisotopic (exact) mass is 331 g/mol. The van der Waals surface area contributed by atoms with Crippen molar-refractivity contribution in [3.63, 3.8) is 0 Å². The number of hydrogen-bond donors (Lipinski definition) is 2. The Kier molecular flexibility index (Phi) is 9.76. The number of carbonyl (C=O) groups is 3. The molecular formula is C15H29N3O5. The van der Waals surface area contributed by atoms with Gasteiger partial charge in [0.15, 0.2) is 0 Å². The second-order valence-electron chi connectivity index (χ2n) is 6.33. The highest BCUT2D eigenvalue weighted by Crippen LogP contribution is 2.09. The minimum atomic E-state index is -0.989. The van der Waals surface area contributed by atoms with Crippen molar-refractivity contribution in [1.82, 2.24) is 4.90 Å². The van der Waals surface area contributed by atoms with Crippen molar-refractivity contribution < 1.29 is 23.9 Å². The maximum absolute atomic E-state index is 12.2. The van der Waals surface area contributed by atoms with E-state index < -0.39 is 24.2 Å². The largest absolute Gasteiger partial charge is 0.445 e. The van der Waals surface area contributed by atoms with Gasteiger partial charge in [0.05, 0.1) is 0 Å². The van der Waals surface area contributed by atoms with Crippen molar-refractivity contribution in [3.05, 3.63) is 0 Å². The van der Waals surface area contributed by atoms with Crippen LogP contribution in [-0.4, -0.2) is 48.8 Å². The molecule has 0 bridgehead atoms. The molecule has 0 radical (unpaired) electrons. The van der Waals surface area contributed by atoms with E-state index in [-0.39, 0.29) is 19.4 Å². The third-order valence-electron chi connectivity index (χ3n) is 2.82. The van der Waals surface area contributed by atoms with E-state index in [1.54, 1.807) is 4.90 Å². The van der Waals surface area contributed by atoms with Crippen LogP contribution in [-0.2, 0) is 14.3 Å². The first-order chi connectivity index (χ1) is 10.6. The van der Waals surface area contributed by atoms with Crippen LogP contribution in [0.15, 0.2) is 0 Å². The molecule has 0 heterocycles. The van der Waals surface area contributed by atoms with Crippen LogP contribution in [0.5, 0.6) is 0 Å². The van der Waals surface area contributed by atoms with E-state index in [0.717, 1.165) is 0 Å². The van der Waals surface area contributed by atoms with Gasteiger partial charge in [0, 0.05) is 19.5 Å². The Morgan fingerprint density at radius 1 is 1.00 bits per heavy atom. The Morgan fingerprint density at radius 3 is 1.91 bits per heavy atom. The molecule has 0 rings (SSSR count). The summed E-state index contributed by atoms with van der Waals surface area (Å²) in [5, 5.41) is 0. The highest BCUT2D eigenvalue weighted by Gasteiger charge is 2.21. The Balaban J connectivity index is 4.59. The Hall–Kier alpha value is -1.99. The molecule has 8 heteroatoms. The zero-order valence-electron chi connectivity index (χ0n) is 14.4. The molecule has 0 aliphatic heterocycles. The zero-order valence-corrected chi connectivity index (χ0v) is 14.4. The van der Waals surface area contributed by atoms with Crippen LogP contribution in [0.3, 0.4) is 0 Å². The molecule has 3 amide bonds. The molecule has 0 spiro atoms. The molecule has 0 saturated heterocycles. The molecule has 23 heavy (non-hydrogen) atoms. The van der Waals surface area contributed by atoms with Gasteiger partial charge in [-0.05, 0) is 18.3 Å². The number of hydrogen-bond acceptors (Lipinski definition) is 5. The second-order valence-corrected chi connectivity index (χ2v) is 6.33. The summed E-state index contributed by atoms with van der Waals surface area (Å²) >= 11 is 0. The van der Waals surface area contributed by atoms with E-state index in [1.807, 2.05) is 27.7 Å². The van der Waals surface area contributed by atoms with Crippen molar-refractivity contribution in [2.75, 3.05) is 19.7 Å². The fourth-order valence-electron chi connectivity index (χ4n) is 2.00. The van der Waals surface area contributed by atoms with Crippen molar-refractivity contribution >= 4 is 18.1 Å². The van der Waals surface area contributed by atoms with Crippen LogP contribution in [0, 0.1) is 11.8 Å². The third-order valence-corrected chi connectivity index (χ3v) is 2.82. The molecule has 0 aliphatic carbocycles. The summed E-state index contributed by atoms with van der Waals surface area (Å²) in [6, 6.07) is 0. The van der Waals surface area contributed by atoms with Crippen LogP contribution < -0.4 is 11.5 Å². The lowest BCUT2D eigenvalue weighted by Crippen LogP contribution is -2.39. The van der Waals surface area contributed by atoms with E-state index in [4.69, 9.17) is 20.9 Å². The lowest BCUT2D eigenvalue weighted by atomic mass is 10.1. The van der Waals surface area contributed by atoms with Crippen LogP contribution in [0.2, 0.25) is 0 Å². The maximum Gasteiger partial charge on any atom is 0.409 e. The molecule has 4 N–H and O–H groups in total. The highest BCUT2D eigenvalue weighted by molar-refractivity contribution is 5.73. The maximum atomic E-state index is 12.2. The standard InChI is InChI=1S/C15H29N3O5/c1-10(2)7-18(8-11(3)4)15(21)22-9-12(23-14(17)20)5-6-13(16)19/h10-12H,5-9H2,1-4H3,(H2,16,19)(H2,17,20)/t12-/m0/s1. The summed E-state index contributed by atoms with van der Waals surface area (Å²) < 4.78 is 10.0. The van der Waals surface area contributed by atoms with Crippen LogP contribution >= 0.6 is 0 Å². The van der Waals surface area contributed by atoms with Crippen LogP contribution in [0.25, 0.3) is 0 Å². The minimum Gasteiger partial charge on any atom is -0.445 e. The molecule has 0 saturated carbocycles. The quantitative estimate of drug-likeness (QED) is 0.627. The molecule has 0 unspecified atom stereocenters. The molecular weight excluding hydrogens is 302 g/mol. The molecule has 0 aromatic carbocycles. The fourth-order valence-corrected chi connectivity index (χ4v) is 2.00. The molecule has 1 atom stereocenters. The first kappa shape index (κ1) is 21.0. The summed E-state index contributed by atoms with van der Waals surface area (Å²) in [5.41, 5.74) is 10.0. The normalized spacial score (nSPS) is 12.1. The van der Waals surface area contributed by atoms with Gasteiger partial charge in [-0.3, -0.25) is 4.79 Å². The summed E-state index contributed by atoms with van der Waals surface area (Å²) in [4.78, 5) is 35.5. The number of ether oxygens (including phenoxy) is 2. The smallest absolute Gasteiger partial charge is 0.409 e. The van der Waals surface area contributed by atoms with E-state index >= 15 is 0 Å². The molecule has 8 nitrogen and oxygen atoms in total. The van der Waals surface area contributed by atoms with Gasteiger partial charge in [0.2, 0.25) is 5.91 Å². The van der Waals surface area contributed by atoms with Crippen LogP contribution in [0.1, 0.15) is 40.5 Å². The van der Waals surface area contributed by atoms with Gasteiger partial charge in [0.25, 0.3) is 0 Å². The summed E-state index contributed by atoms with van der Waals surface area (Å²) in [5.74, 6) is 0.0679. The van der Waals surface area contributed by atoms with Gasteiger partial charge in [-0.1, -0.05) is 27.7 Å². The predicted molar refractivity (Wildman–Crippen MR) is 85.5 cm³/mol. The molecule has 0 fully saturated rings. The average molecular weight is 331 g/mol. The fraction of sp³-hybridized carbons (Fsp3) is 0.800. The average Bonchev–Trinajstić information content (AvgIpc) is 2.39. The molecule has 0 aromatic heterocycles. The Morgan fingerprint density at radius 2 is 1.52 bits per heavy atom. The zero-order chi connectivity index (χ0) is 18.0. The van der Waals surface area contributed by atoms with Gasteiger partial charge < -0.3 is 25.8 Å². The van der Waals surface area contributed by atoms with Crippen molar-refractivity contribution in [2.45, 2.75) is 46.6 Å². The molecule has 134 valence electrons. The van der Waals surface area contributed by atoms with Gasteiger partial charge in [-0.15, -0.1) is 0 Å². The van der Waals surface area contributed by atoms with Gasteiger partial charge in [-0.25, -0.2) is 9.59 Å². The molecule has 0 aromatic rings. The molecule has 0 aliphatic rings. The first-order valence-electron chi connectivity index (χ1n) is 7.77. The highest BCUT2D eigenvalue weighted by atomic mass is 16.6. The van der Waals surface area contributed by atoms with E-state index in [1.165, 1.54) is 0 Å². The third kappa shape index (κ3) is 11.3. The van der Waals surface area contributed by atoms with E-state index in [0.29, 0.717) is 24.9 Å². The van der Waals surface area contributed by atoms with Crippen LogP contribution in [0.4, 0.5) is 9.59 Å². The lowest BCUT2D eigenvalue weighted by molar-refractivity contribution is -0.118. The first-order valence-corrected chi connectivity index (χ1v) is 7.77. The van der Waals surface area contributed by atoms with Gasteiger partial charge in [0.1, 0.15) is 12.7 Å². The van der Waals surface area contributed by atoms with Gasteiger partial charge in [-0.2, -0.15) is 0 Å². The van der Waals surface area contributed by atoms with Crippen molar-refractivity contribution in [1.29, 1.82) is 0 Å². The summed E-state index contributed by atoms with van der Waals surface area (Å²) in [7, 11) is 0. The minimum absolute atomic E-state index is 0.0111. The van der Waals surface area contributed by atoms with Crippen molar-refractivity contribution in [3.8, 4) is 0 Å². The summed E-state index contributed by atoms with van der Waals surface area (Å²) in [6.07, 6.45) is -2.10. The topological polar surface area (TPSA) is 125 Å². The number of carbonyl (C=O) groups excluding carboxylic acids is 3. The van der Waals surface area contributed by atoms with E-state index in [9.17, 15) is 14.4 Å². The second kappa shape index (κ2) is 10.7. The Bertz CT molecular complexity index is 389. The number of primary amides is 2. The van der Waals surface area contributed by atoms with Gasteiger partial charge >= 0.3 is 12.2 Å². The number of rotatable bonds is 10. The van der Waals surface area contributed by atoms with Crippen molar-refractivity contribution in [2.24, 2.45) is 23.3 Å². The SMILES string of the molecule is CC(C)CN(CC(C)C)C(=O)OC[C@H](CCC(N)=O)OC(N)=O. The van der Waals surface area contributed by atoms with E-state index in [2.05, 4.69) is 0 Å². The Labute approximate surface area is 137 Å². The lowest BCUT2D eigenvalue weighted by Gasteiger charge is -2.26. The predicted octanol–water partition coefficient (Wildman–Crippen LogP) is 1.47. The number of nitrogens with two attached hydrogens (primary N) is 2. The summed E-state index contributed by atoms with van der Waals surface area (Å²) in [6.45, 7) is 9.00.